The first-order valence-corrected chi connectivity index (χ1v) is 6.84. The number of para-hydroxylation sites is 1. The van der Waals surface area contributed by atoms with Crippen molar-refractivity contribution in [1.82, 2.24) is 9.97 Å². The molecule has 3 aromatic rings. The number of anilines is 1. The third-order valence-electron chi connectivity index (χ3n) is 3.26. The molecule has 0 spiro atoms. The van der Waals surface area contributed by atoms with Crippen LogP contribution in [0.5, 0.6) is 0 Å². The van der Waals surface area contributed by atoms with Crippen molar-refractivity contribution in [2.75, 3.05) is 11.9 Å². The highest BCUT2D eigenvalue weighted by molar-refractivity contribution is 5.88. The van der Waals surface area contributed by atoms with Crippen molar-refractivity contribution in [2.24, 2.45) is 0 Å². The molecule has 3 rings (SSSR count). The predicted molar refractivity (Wildman–Crippen MR) is 82.9 cm³/mol. The molecule has 0 aliphatic rings. The highest BCUT2D eigenvalue weighted by atomic mass is 15.0. The van der Waals surface area contributed by atoms with Crippen molar-refractivity contribution in [1.29, 1.82) is 0 Å². The van der Waals surface area contributed by atoms with E-state index in [1.165, 1.54) is 5.56 Å². The molecule has 0 unspecified atom stereocenters. The summed E-state index contributed by atoms with van der Waals surface area (Å²) < 4.78 is 0. The summed E-state index contributed by atoms with van der Waals surface area (Å²) in [7, 11) is 0. The van der Waals surface area contributed by atoms with Crippen LogP contribution in [-0.4, -0.2) is 16.5 Å². The Labute approximate surface area is 118 Å². The minimum atomic E-state index is 0.797. The van der Waals surface area contributed by atoms with Crippen LogP contribution in [-0.2, 0) is 6.42 Å². The molecule has 0 radical (unpaired) electrons. The fourth-order valence-corrected chi connectivity index (χ4v) is 2.30. The molecule has 100 valence electrons. The molecule has 0 aliphatic carbocycles. The minimum Gasteiger partial charge on any atom is -0.369 e. The van der Waals surface area contributed by atoms with Crippen LogP contribution in [0.4, 0.5) is 5.82 Å². The summed E-state index contributed by atoms with van der Waals surface area (Å²) in [6.07, 6.45) is 0.984. The average molecular weight is 263 g/mol. The minimum absolute atomic E-state index is 0.797. The second-order valence-corrected chi connectivity index (χ2v) is 4.80. The molecule has 0 bridgehead atoms. The van der Waals surface area contributed by atoms with Crippen LogP contribution >= 0.6 is 0 Å². The third kappa shape index (κ3) is 2.77. The Bertz CT molecular complexity index is 708. The van der Waals surface area contributed by atoms with Crippen LogP contribution in [0.15, 0.2) is 54.6 Å². The van der Waals surface area contributed by atoms with E-state index in [1.54, 1.807) is 0 Å². The van der Waals surface area contributed by atoms with Gasteiger partial charge in [0.1, 0.15) is 11.6 Å². The Morgan fingerprint density at radius 1 is 0.900 bits per heavy atom. The van der Waals surface area contributed by atoms with Gasteiger partial charge in [0.25, 0.3) is 0 Å². The van der Waals surface area contributed by atoms with Crippen molar-refractivity contribution in [3.63, 3.8) is 0 Å². The quantitative estimate of drug-likeness (QED) is 0.781. The van der Waals surface area contributed by atoms with Crippen LogP contribution in [0.2, 0.25) is 0 Å². The fraction of sp³-hybridized carbons (Fsp3) is 0.176. The van der Waals surface area contributed by atoms with E-state index in [0.717, 1.165) is 35.5 Å². The fourth-order valence-electron chi connectivity index (χ4n) is 2.30. The first-order chi connectivity index (χ1) is 9.83. The molecule has 0 aliphatic heterocycles. The van der Waals surface area contributed by atoms with Crippen molar-refractivity contribution in [3.8, 4) is 0 Å². The first kappa shape index (κ1) is 12.6. The zero-order valence-corrected chi connectivity index (χ0v) is 11.5. The first-order valence-electron chi connectivity index (χ1n) is 6.84. The van der Waals surface area contributed by atoms with Crippen LogP contribution < -0.4 is 5.32 Å². The van der Waals surface area contributed by atoms with E-state index in [9.17, 15) is 0 Å². The molecule has 0 amide bonds. The lowest BCUT2D eigenvalue weighted by atomic mass is 10.1. The summed E-state index contributed by atoms with van der Waals surface area (Å²) in [5.74, 6) is 1.72. The van der Waals surface area contributed by atoms with Crippen molar-refractivity contribution < 1.29 is 0 Å². The number of aromatic nitrogens is 2. The van der Waals surface area contributed by atoms with Gasteiger partial charge >= 0.3 is 0 Å². The van der Waals surface area contributed by atoms with Gasteiger partial charge in [-0.3, -0.25) is 0 Å². The second-order valence-electron chi connectivity index (χ2n) is 4.80. The van der Waals surface area contributed by atoms with Gasteiger partial charge in [-0.15, -0.1) is 0 Å². The molecule has 0 fully saturated rings. The maximum Gasteiger partial charge on any atom is 0.137 e. The van der Waals surface area contributed by atoms with Gasteiger partial charge in [0.15, 0.2) is 0 Å². The van der Waals surface area contributed by atoms with E-state index in [4.69, 9.17) is 0 Å². The number of benzene rings is 2. The molecule has 1 heterocycles. The number of rotatable bonds is 4. The zero-order valence-electron chi connectivity index (χ0n) is 11.5. The predicted octanol–water partition coefficient (Wildman–Crippen LogP) is 3.59. The Kier molecular flexibility index (Phi) is 3.59. The van der Waals surface area contributed by atoms with Gasteiger partial charge in [-0.25, -0.2) is 9.97 Å². The summed E-state index contributed by atoms with van der Waals surface area (Å²) >= 11 is 0. The Hall–Kier alpha value is -2.42. The van der Waals surface area contributed by atoms with Crippen molar-refractivity contribution in [3.05, 3.63) is 66.0 Å². The molecule has 3 heteroatoms. The van der Waals surface area contributed by atoms with Gasteiger partial charge in [0.05, 0.1) is 5.52 Å². The Morgan fingerprint density at radius 3 is 2.50 bits per heavy atom. The van der Waals surface area contributed by atoms with Gasteiger partial charge in [-0.1, -0.05) is 42.5 Å². The van der Waals surface area contributed by atoms with Crippen LogP contribution in [0.3, 0.4) is 0 Å². The third-order valence-corrected chi connectivity index (χ3v) is 3.26. The van der Waals surface area contributed by atoms with Gasteiger partial charge in [0.2, 0.25) is 0 Å². The molecular weight excluding hydrogens is 246 g/mol. The van der Waals surface area contributed by atoms with E-state index in [-0.39, 0.29) is 0 Å². The topological polar surface area (TPSA) is 37.8 Å². The molecule has 2 aromatic carbocycles. The Balaban J connectivity index is 1.77. The summed E-state index contributed by atoms with van der Waals surface area (Å²) in [6.45, 7) is 2.79. The maximum atomic E-state index is 4.51. The monoisotopic (exact) mass is 263 g/mol. The van der Waals surface area contributed by atoms with Crippen LogP contribution in [0, 0.1) is 6.92 Å². The van der Waals surface area contributed by atoms with Crippen LogP contribution in [0.1, 0.15) is 11.4 Å². The van der Waals surface area contributed by atoms with E-state index >= 15 is 0 Å². The van der Waals surface area contributed by atoms with E-state index in [0.29, 0.717) is 0 Å². The zero-order chi connectivity index (χ0) is 13.8. The molecule has 0 saturated carbocycles. The van der Waals surface area contributed by atoms with E-state index < -0.39 is 0 Å². The number of hydrogen-bond donors (Lipinski definition) is 1. The SMILES string of the molecule is Cc1nc(NCCc2ccccc2)c2ccccc2n1. The lowest BCUT2D eigenvalue weighted by molar-refractivity contribution is 0.994. The molecule has 0 saturated heterocycles. The lowest BCUT2D eigenvalue weighted by Crippen LogP contribution is -2.08. The lowest BCUT2D eigenvalue weighted by Gasteiger charge is -2.09. The van der Waals surface area contributed by atoms with E-state index in [2.05, 4.69) is 45.6 Å². The summed E-state index contributed by atoms with van der Waals surface area (Å²) in [5.41, 5.74) is 2.32. The van der Waals surface area contributed by atoms with Crippen molar-refractivity contribution in [2.45, 2.75) is 13.3 Å². The molecule has 3 nitrogen and oxygen atoms in total. The highest BCUT2D eigenvalue weighted by Crippen LogP contribution is 2.19. The van der Waals surface area contributed by atoms with Gasteiger partial charge in [-0.2, -0.15) is 0 Å². The molecule has 20 heavy (non-hydrogen) atoms. The normalized spacial score (nSPS) is 10.7. The standard InChI is InChI=1S/C17H17N3/c1-13-19-16-10-6-5-9-15(16)17(20-13)18-12-11-14-7-3-2-4-8-14/h2-10H,11-12H2,1H3,(H,18,19,20). The van der Waals surface area contributed by atoms with Crippen LogP contribution in [0.25, 0.3) is 10.9 Å². The number of nitrogens with zero attached hydrogens (tertiary/aromatic N) is 2. The summed E-state index contributed by atoms with van der Waals surface area (Å²) in [5, 5.41) is 4.50. The Morgan fingerprint density at radius 2 is 1.65 bits per heavy atom. The summed E-state index contributed by atoms with van der Waals surface area (Å²) in [4.78, 5) is 8.96. The van der Waals surface area contributed by atoms with E-state index in [1.807, 2.05) is 31.2 Å². The number of aryl methyl sites for hydroxylation is 1. The smallest absolute Gasteiger partial charge is 0.137 e. The largest absolute Gasteiger partial charge is 0.369 e. The average Bonchev–Trinajstić information content (AvgIpc) is 2.48. The number of hydrogen-bond acceptors (Lipinski definition) is 3. The number of nitrogens with one attached hydrogen (secondary N) is 1. The van der Waals surface area contributed by atoms with Gasteiger partial charge in [0, 0.05) is 11.9 Å². The maximum absolute atomic E-state index is 4.51. The molecule has 1 aromatic heterocycles. The summed E-state index contributed by atoms with van der Waals surface area (Å²) in [6, 6.07) is 18.6. The molecule has 0 atom stereocenters. The number of fused-ring (bicyclic) bond motifs is 1. The second kappa shape index (κ2) is 5.70. The molecular formula is C17H17N3. The van der Waals surface area contributed by atoms with Gasteiger partial charge in [-0.05, 0) is 31.0 Å². The highest BCUT2D eigenvalue weighted by Gasteiger charge is 2.04. The van der Waals surface area contributed by atoms with Crippen molar-refractivity contribution >= 4 is 16.7 Å². The molecule has 1 N–H and O–H groups in total. The van der Waals surface area contributed by atoms with Gasteiger partial charge < -0.3 is 5.32 Å².